The van der Waals surface area contributed by atoms with Gasteiger partial charge in [-0.05, 0) is 55.0 Å². The number of sulfonamides is 1. The van der Waals surface area contributed by atoms with Crippen molar-refractivity contribution in [1.82, 2.24) is 4.31 Å². The maximum Gasteiger partial charge on any atom is 0.243 e. The Morgan fingerprint density at radius 2 is 1.61 bits per heavy atom. The van der Waals surface area contributed by atoms with E-state index in [0.29, 0.717) is 37.2 Å². The third kappa shape index (κ3) is 5.40. The average Bonchev–Trinajstić information content (AvgIpc) is 2.73. The summed E-state index contributed by atoms with van der Waals surface area (Å²) in [6.45, 7) is 8.34. The number of carbonyl (C=O) groups excluding carboxylic acids is 2. The third-order valence-corrected chi connectivity index (χ3v) is 7.63. The summed E-state index contributed by atoms with van der Waals surface area (Å²) in [6.07, 6.45) is 0.912. The molecule has 2 aromatic carbocycles. The van der Waals surface area contributed by atoms with Crippen LogP contribution in [0.5, 0.6) is 0 Å². The Kier molecular flexibility index (Phi) is 6.67. The molecule has 1 aliphatic heterocycles. The zero-order valence-electron chi connectivity index (χ0n) is 18.5. The van der Waals surface area contributed by atoms with Crippen molar-refractivity contribution in [1.29, 1.82) is 0 Å². The highest BCUT2D eigenvalue weighted by Gasteiger charge is 2.32. The molecular formula is C24H30N2O4S. The largest absolute Gasteiger partial charge is 0.326 e. The molecule has 6 nitrogen and oxygen atoms in total. The molecule has 1 N–H and O–H groups in total. The monoisotopic (exact) mass is 442 g/mol. The third-order valence-electron chi connectivity index (χ3n) is 5.72. The van der Waals surface area contributed by atoms with Gasteiger partial charge in [0.05, 0.1) is 4.90 Å². The maximum atomic E-state index is 13.0. The second kappa shape index (κ2) is 8.93. The molecule has 1 amide bonds. The summed E-state index contributed by atoms with van der Waals surface area (Å²) in [5, 5.41) is 2.85. The number of rotatable bonds is 5. The molecule has 0 bridgehead atoms. The number of carbonyl (C=O) groups is 2. The molecule has 31 heavy (non-hydrogen) atoms. The van der Waals surface area contributed by atoms with E-state index < -0.39 is 10.0 Å². The minimum absolute atomic E-state index is 0.0437. The van der Waals surface area contributed by atoms with Crippen molar-refractivity contribution >= 4 is 27.4 Å². The first-order chi connectivity index (χ1) is 14.5. The minimum atomic E-state index is -3.58. The second-order valence-electron chi connectivity index (χ2n) is 9.08. The molecule has 0 spiro atoms. The highest BCUT2D eigenvalue weighted by Crippen LogP contribution is 2.27. The van der Waals surface area contributed by atoms with Crippen LogP contribution in [0.2, 0.25) is 0 Å². The fraction of sp³-hybridized carbons (Fsp3) is 0.417. The molecule has 3 rings (SSSR count). The molecule has 0 atom stereocenters. The summed E-state index contributed by atoms with van der Waals surface area (Å²) in [5.41, 5.74) is 2.15. The molecule has 2 aromatic rings. The topological polar surface area (TPSA) is 83.6 Å². The SMILES string of the molecule is CC(=O)c1cccc(NC(=O)C2CCN(S(=O)(=O)c3ccc(C(C)(C)C)cc3)CC2)c1. The highest BCUT2D eigenvalue weighted by atomic mass is 32.2. The molecule has 0 unspecified atom stereocenters. The molecule has 1 saturated heterocycles. The van der Waals surface area contributed by atoms with E-state index in [1.807, 2.05) is 12.1 Å². The van der Waals surface area contributed by atoms with Crippen molar-refractivity contribution < 1.29 is 18.0 Å². The van der Waals surface area contributed by atoms with E-state index in [9.17, 15) is 18.0 Å². The van der Waals surface area contributed by atoms with Crippen LogP contribution in [-0.4, -0.2) is 37.5 Å². The number of hydrogen-bond donors (Lipinski definition) is 1. The smallest absolute Gasteiger partial charge is 0.243 e. The quantitative estimate of drug-likeness (QED) is 0.703. The van der Waals surface area contributed by atoms with Crippen molar-refractivity contribution in [3.8, 4) is 0 Å². The van der Waals surface area contributed by atoms with Gasteiger partial charge in [0.1, 0.15) is 0 Å². The van der Waals surface area contributed by atoms with E-state index in [0.717, 1.165) is 5.56 Å². The first kappa shape index (κ1) is 23.2. The van der Waals surface area contributed by atoms with Gasteiger partial charge in [-0.15, -0.1) is 0 Å². The molecule has 0 saturated carbocycles. The van der Waals surface area contributed by atoms with Gasteiger partial charge in [0.15, 0.2) is 5.78 Å². The number of anilines is 1. The van der Waals surface area contributed by atoms with Crippen molar-refractivity contribution in [2.24, 2.45) is 5.92 Å². The van der Waals surface area contributed by atoms with Gasteiger partial charge in [0.2, 0.25) is 15.9 Å². The highest BCUT2D eigenvalue weighted by molar-refractivity contribution is 7.89. The van der Waals surface area contributed by atoms with Crippen molar-refractivity contribution in [3.63, 3.8) is 0 Å². The fourth-order valence-electron chi connectivity index (χ4n) is 3.69. The molecule has 166 valence electrons. The lowest BCUT2D eigenvalue weighted by Crippen LogP contribution is -2.41. The number of nitrogens with zero attached hydrogens (tertiary/aromatic N) is 1. The Balaban J connectivity index is 1.62. The summed E-state index contributed by atoms with van der Waals surface area (Å²) in [7, 11) is -3.58. The summed E-state index contributed by atoms with van der Waals surface area (Å²) in [4.78, 5) is 24.4. The molecule has 1 fully saturated rings. The van der Waals surface area contributed by atoms with Crippen LogP contribution >= 0.6 is 0 Å². The van der Waals surface area contributed by atoms with Crippen LogP contribution in [0, 0.1) is 5.92 Å². The summed E-state index contributed by atoms with van der Waals surface area (Å²) < 4.78 is 27.5. The average molecular weight is 443 g/mol. The van der Waals surface area contributed by atoms with E-state index in [1.165, 1.54) is 11.2 Å². The van der Waals surface area contributed by atoms with Gasteiger partial charge >= 0.3 is 0 Å². The number of nitrogens with one attached hydrogen (secondary N) is 1. The molecular weight excluding hydrogens is 412 g/mol. The molecule has 0 aromatic heterocycles. The number of benzene rings is 2. The van der Waals surface area contributed by atoms with Crippen LogP contribution in [0.4, 0.5) is 5.69 Å². The van der Waals surface area contributed by atoms with Gasteiger partial charge < -0.3 is 5.32 Å². The second-order valence-corrected chi connectivity index (χ2v) is 11.0. The molecule has 0 radical (unpaired) electrons. The first-order valence-corrected chi connectivity index (χ1v) is 11.9. The molecule has 1 heterocycles. The van der Waals surface area contributed by atoms with Crippen LogP contribution in [0.15, 0.2) is 53.4 Å². The van der Waals surface area contributed by atoms with Crippen LogP contribution < -0.4 is 5.32 Å². The van der Waals surface area contributed by atoms with Gasteiger partial charge in [-0.2, -0.15) is 4.31 Å². The predicted molar refractivity (Wildman–Crippen MR) is 122 cm³/mol. The van der Waals surface area contributed by atoms with Gasteiger partial charge in [0.25, 0.3) is 0 Å². The standard InChI is InChI=1S/C24H30N2O4S/c1-17(27)19-6-5-7-21(16-19)25-23(28)18-12-14-26(15-13-18)31(29,30)22-10-8-20(9-11-22)24(2,3)4/h5-11,16,18H,12-15H2,1-4H3,(H,25,28). The Morgan fingerprint density at radius 3 is 2.16 bits per heavy atom. The van der Waals surface area contributed by atoms with E-state index in [1.54, 1.807) is 36.4 Å². The Labute approximate surface area is 184 Å². The van der Waals surface area contributed by atoms with Gasteiger partial charge in [-0.3, -0.25) is 9.59 Å². The van der Waals surface area contributed by atoms with E-state index in [4.69, 9.17) is 0 Å². The zero-order chi connectivity index (χ0) is 22.8. The molecule has 0 aliphatic carbocycles. The lowest BCUT2D eigenvalue weighted by Gasteiger charge is -2.30. The van der Waals surface area contributed by atoms with E-state index in [-0.39, 0.29) is 27.9 Å². The summed E-state index contributed by atoms with van der Waals surface area (Å²) in [6, 6.07) is 13.9. The zero-order valence-corrected chi connectivity index (χ0v) is 19.3. The van der Waals surface area contributed by atoms with Crippen LogP contribution in [0.25, 0.3) is 0 Å². The van der Waals surface area contributed by atoms with Gasteiger partial charge in [-0.25, -0.2) is 8.42 Å². The Hall–Kier alpha value is -2.51. The van der Waals surface area contributed by atoms with Gasteiger partial charge in [0, 0.05) is 30.3 Å². The van der Waals surface area contributed by atoms with Crippen LogP contribution in [0.3, 0.4) is 0 Å². The molecule has 7 heteroatoms. The fourth-order valence-corrected chi connectivity index (χ4v) is 5.16. The van der Waals surface area contributed by atoms with Crippen LogP contribution in [0.1, 0.15) is 56.5 Å². The predicted octanol–water partition coefficient (Wildman–Crippen LogP) is 4.23. The van der Waals surface area contributed by atoms with E-state index in [2.05, 4.69) is 26.1 Å². The van der Waals surface area contributed by atoms with Crippen molar-refractivity contribution in [2.45, 2.75) is 50.8 Å². The Bertz CT molecular complexity index is 1060. The van der Waals surface area contributed by atoms with Gasteiger partial charge in [-0.1, -0.05) is 45.0 Å². The number of amides is 1. The first-order valence-electron chi connectivity index (χ1n) is 10.5. The maximum absolute atomic E-state index is 13.0. The summed E-state index contributed by atoms with van der Waals surface area (Å²) >= 11 is 0. The van der Waals surface area contributed by atoms with Crippen molar-refractivity contribution in [3.05, 3.63) is 59.7 Å². The van der Waals surface area contributed by atoms with E-state index >= 15 is 0 Å². The minimum Gasteiger partial charge on any atom is -0.326 e. The van der Waals surface area contributed by atoms with Crippen LogP contribution in [-0.2, 0) is 20.2 Å². The number of piperidine rings is 1. The normalized spacial score (nSPS) is 16.1. The summed E-state index contributed by atoms with van der Waals surface area (Å²) in [5.74, 6) is -0.479. The number of Topliss-reactive ketones (excluding diaryl/α,β-unsaturated/α-hetero) is 1. The van der Waals surface area contributed by atoms with Crippen molar-refractivity contribution in [2.75, 3.05) is 18.4 Å². The Morgan fingerprint density at radius 1 is 1.00 bits per heavy atom. The number of ketones is 1. The molecule has 1 aliphatic rings. The lowest BCUT2D eigenvalue weighted by molar-refractivity contribution is -0.120. The number of hydrogen-bond acceptors (Lipinski definition) is 4. The lowest BCUT2D eigenvalue weighted by atomic mass is 9.87.